The Balaban J connectivity index is 0.800. The number of hydrogen-bond acceptors (Lipinski definition) is 9. The quantitative estimate of drug-likeness (QED) is 0.0944. The molecule has 0 atom stereocenters. The van der Waals surface area contributed by atoms with Gasteiger partial charge >= 0.3 is 6.03 Å². The third-order valence-corrected chi connectivity index (χ3v) is 10.4. The summed E-state index contributed by atoms with van der Waals surface area (Å²) < 4.78 is 3.35. The number of nitrogens with zero attached hydrogens (tertiary/aromatic N) is 8. The number of nitrogens with one attached hydrogen (secondary N) is 4. The molecule has 4 N–H and O–H groups in total. The van der Waals surface area contributed by atoms with Gasteiger partial charge in [0.1, 0.15) is 11.4 Å². The van der Waals surface area contributed by atoms with Crippen molar-refractivity contribution >= 4 is 40.6 Å². The molecule has 2 aliphatic heterocycles. The molecule has 0 spiro atoms. The highest BCUT2D eigenvalue weighted by atomic mass is 16.2. The third-order valence-electron chi connectivity index (χ3n) is 10.4. The van der Waals surface area contributed by atoms with E-state index in [0.29, 0.717) is 41.3 Å². The highest BCUT2D eigenvalue weighted by molar-refractivity contribution is 6.00. The Morgan fingerprint density at radius 3 is 1.47 bits per heavy atom. The van der Waals surface area contributed by atoms with E-state index in [4.69, 9.17) is 0 Å². The molecule has 2 aliphatic rings. The zero-order valence-electron chi connectivity index (χ0n) is 32.2. The molecule has 0 saturated carbocycles. The Labute approximate surface area is 336 Å². The average molecular weight is 779 g/mol. The molecule has 6 aromatic rings. The minimum atomic E-state index is -0.383. The van der Waals surface area contributed by atoms with Gasteiger partial charge in [-0.05, 0) is 119 Å². The number of carbonyl (C=O) groups is 3. The Morgan fingerprint density at radius 2 is 0.948 bits per heavy atom. The molecule has 2 aromatic heterocycles. The summed E-state index contributed by atoms with van der Waals surface area (Å²) in [6.07, 6.45) is 9.44. The van der Waals surface area contributed by atoms with Crippen LogP contribution in [-0.2, 0) is 9.59 Å². The van der Waals surface area contributed by atoms with Crippen molar-refractivity contribution in [1.82, 2.24) is 39.8 Å². The molecule has 8 rings (SSSR count). The first kappa shape index (κ1) is 38.2. The van der Waals surface area contributed by atoms with Crippen LogP contribution in [0.5, 0.6) is 0 Å². The predicted octanol–water partition coefficient (Wildman–Crippen LogP) is 6.67. The summed E-state index contributed by atoms with van der Waals surface area (Å²) in [7, 11) is 0. The molecule has 2 fully saturated rings. The average Bonchev–Trinajstić information content (AvgIpc) is 4.09. The molecule has 0 aliphatic carbocycles. The number of aromatic nitrogens is 6. The number of urea groups is 1. The van der Waals surface area contributed by atoms with E-state index in [1.807, 2.05) is 85.2 Å². The van der Waals surface area contributed by atoms with Gasteiger partial charge in [0.25, 0.3) is 0 Å². The largest absolute Gasteiger partial charge is 0.326 e. The first-order chi connectivity index (χ1) is 28.4. The van der Waals surface area contributed by atoms with Crippen LogP contribution in [0, 0.1) is 0 Å². The van der Waals surface area contributed by atoms with Gasteiger partial charge in [-0.15, -0.1) is 10.2 Å². The molecule has 4 aromatic carbocycles. The molecule has 15 heteroatoms. The normalized spacial score (nSPS) is 14.3. The number of carbonyl (C=O) groups excluding carboxylic acids is 3. The molecular weight excluding hydrogens is 733 g/mol. The summed E-state index contributed by atoms with van der Waals surface area (Å²) in [4.78, 5) is 42.4. The number of amides is 4. The lowest BCUT2D eigenvalue weighted by molar-refractivity contribution is -0.117. The first-order valence-corrected chi connectivity index (χ1v) is 19.8. The number of likely N-dealkylation sites (tertiary alicyclic amines) is 2. The smallest absolute Gasteiger partial charge is 0.323 e. The van der Waals surface area contributed by atoms with E-state index in [2.05, 4.69) is 51.7 Å². The molecule has 2 saturated heterocycles. The standard InChI is InChI=1S/C43H46N12O3/c56-41(20-26-52-22-1-2-23-52)44-33-16-18-37(19-17-33)54-29-39(48-50-54)31-8-12-34(13-9-31)46-43(58)47-35-14-10-32(11-15-35)40-30-55(51-49-40)38-7-5-6-36(28-38)45-42(57)21-27-53-24-3-4-25-53/h5-19,28-30H,1-4,20-27H2,(H,44,56)(H,45,57)(H2,46,47,58). The second-order valence-corrected chi connectivity index (χ2v) is 14.6. The van der Waals surface area contributed by atoms with Crippen molar-refractivity contribution < 1.29 is 14.4 Å². The maximum Gasteiger partial charge on any atom is 0.323 e. The van der Waals surface area contributed by atoms with Crippen LogP contribution in [0.2, 0.25) is 0 Å². The molecule has 58 heavy (non-hydrogen) atoms. The topological polar surface area (TPSA) is 167 Å². The minimum absolute atomic E-state index is 0.00656. The van der Waals surface area contributed by atoms with E-state index in [0.717, 1.165) is 67.5 Å². The molecule has 0 bridgehead atoms. The first-order valence-electron chi connectivity index (χ1n) is 19.8. The van der Waals surface area contributed by atoms with Crippen LogP contribution >= 0.6 is 0 Å². The van der Waals surface area contributed by atoms with Crippen molar-refractivity contribution in [2.24, 2.45) is 0 Å². The monoisotopic (exact) mass is 778 g/mol. The molecule has 15 nitrogen and oxygen atoms in total. The van der Waals surface area contributed by atoms with Gasteiger partial charge in [-0.3, -0.25) is 9.59 Å². The maximum atomic E-state index is 12.8. The van der Waals surface area contributed by atoms with Gasteiger partial charge in [-0.1, -0.05) is 40.8 Å². The lowest BCUT2D eigenvalue weighted by Crippen LogP contribution is -2.25. The van der Waals surface area contributed by atoms with E-state index >= 15 is 0 Å². The van der Waals surface area contributed by atoms with E-state index in [9.17, 15) is 14.4 Å². The van der Waals surface area contributed by atoms with Crippen molar-refractivity contribution in [2.75, 3.05) is 60.5 Å². The van der Waals surface area contributed by atoms with E-state index in [-0.39, 0.29) is 17.8 Å². The Hall–Kier alpha value is -6.71. The second-order valence-electron chi connectivity index (χ2n) is 14.6. The van der Waals surface area contributed by atoms with Crippen molar-refractivity contribution in [2.45, 2.75) is 38.5 Å². The summed E-state index contributed by atoms with van der Waals surface area (Å²) in [6, 6.07) is 29.3. The highest BCUT2D eigenvalue weighted by Gasteiger charge is 2.15. The lowest BCUT2D eigenvalue weighted by atomic mass is 10.1. The van der Waals surface area contributed by atoms with Gasteiger partial charge in [0, 0.05) is 59.8 Å². The predicted molar refractivity (Wildman–Crippen MR) is 224 cm³/mol. The molecule has 0 radical (unpaired) electrons. The van der Waals surface area contributed by atoms with E-state index < -0.39 is 0 Å². The highest BCUT2D eigenvalue weighted by Crippen LogP contribution is 2.24. The van der Waals surface area contributed by atoms with Gasteiger partial charge < -0.3 is 31.1 Å². The molecular formula is C43H46N12O3. The zero-order chi connectivity index (χ0) is 39.7. The Morgan fingerprint density at radius 1 is 0.500 bits per heavy atom. The second kappa shape index (κ2) is 18.0. The zero-order valence-corrected chi connectivity index (χ0v) is 32.2. The summed E-state index contributed by atoms with van der Waals surface area (Å²) >= 11 is 0. The Bertz CT molecular complexity index is 2330. The van der Waals surface area contributed by atoms with Crippen LogP contribution < -0.4 is 21.3 Å². The van der Waals surface area contributed by atoms with Gasteiger partial charge in [-0.25, -0.2) is 14.2 Å². The fraction of sp³-hybridized carbons (Fsp3) is 0.279. The summed E-state index contributed by atoms with van der Waals surface area (Å²) in [5.74, 6) is 0.00493. The van der Waals surface area contributed by atoms with Crippen molar-refractivity contribution in [3.8, 4) is 33.9 Å². The molecule has 4 heterocycles. The SMILES string of the molecule is O=C(CCN1CCCC1)Nc1ccc(-n2cc(-c3ccc(NC(=O)Nc4ccc(-c5cn(-c6cccc(NC(=O)CCN7CCCC7)c6)nn5)cc4)cc3)nn2)cc1. The van der Waals surface area contributed by atoms with Crippen LogP contribution in [-0.4, -0.2) is 96.9 Å². The fourth-order valence-electron chi connectivity index (χ4n) is 7.19. The van der Waals surface area contributed by atoms with Crippen LogP contribution in [0.25, 0.3) is 33.9 Å². The van der Waals surface area contributed by atoms with Crippen LogP contribution in [0.15, 0.2) is 109 Å². The summed E-state index contributed by atoms with van der Waals surface area (Å²) in [5.41, 5.74) is 7.29. The third kappa shape index (κ3) is 9.99. The van der Waals surface area contributed by atoms with E-state index in [1.165, 1.54) is 25.7 Å². The van der Waals surface area contributed by atoms with Crippen molar-refractivity contribution in [3.63, 3.8) is 0 Å². The Kier molecular flexibility index (Phi) is 11.9. The van der Waals surface area contributed by atoms with Crippen molar-refractivity contribution in [3.05, 3.63) is 109 Å². The van der Waals surface area contributed by atoms with Gasteiger partial charge in [0.2, 0.25) is 11.8 Å². The number of anilines is 4. The van der Waals surface area contributed by atoms with Crippen molar-refractivity contribution in [1.29, 1.82) is 0 Å². The minimum Gasteiger partial charge on any atom is -0.326 e. The maximum absolute atomic E-state index is 12.8. The molecule has 0 unspecified atom stereocenters. The number of benzene rings is 4. The lowest BCUT2D eigenvalue weighted by Gasteiger charge is -2.14. The molecule has 4 amide bonds. The van der Waals surface area contributed by atoms with Crippen LogP contribution in [0.4, 0.5) is 27.5 Å². The van der Waals surface area contributed by atoms with Crippen LogP contribution in [0.1, 0.15) is 38.5 Å². The van der Waals surface area contributed by atoms with Gasteiger partial charge in [0.15, 0.2) is 0 Å². The fourth-order valence-corrected chi connectivity index (χ4v) is 7.19. The van der Waals surface area contributed by atoms with Crippen LogP contribution in [0.3, 0.4) is 0 Å². The number of rotatable bonds is 14. The van der Waals surface area contributed by atoms with Gasteiger partial charge in [0.05, 0.1) is 23.8 Å². The van der Waals surface area contributed by atoms with Gasteiger partial charge in [-0.2, -0.15) is 0 Å². The summed E-state index contributed by atoms with van der Waals surface area (Å²) in [5, 5.41) is 29.0. The number of hydrogen-bond donors (Lipinski definition) is 4. The summed E-state index contributed by atoms with van der Waals surface area (Å²) in [6.45, 7) is 5.86. The molecule has 296 valence electrons. The van der Waals surface area contributed by atoms with E-state index in [1.54, 1.807) is 33.6 Å².